The Morgan fingerprint density at radius 1 is 0.553 bits per heavy atom. The van der Waals surface area contributed by atoms with Crippen LogP contribution in [0.3, 0.4) is 0 Å². The normalized spacial score (nSPS) is 16.7. The number of pyridine rings is 1. The number of aromatic amines is 4. The second-order valence-corrected chi connectivity index (χ2v) is 9.15. The first kappa shape index (κ1) is 21.8. The van der Waals surface area contributed by atoms with Crippen LogP contribution < -0.4 is 33.1 Å². The largest absolute Gasteiger partial charge is 0.358 e. The SMILES string of the molecule is O=c1[nH]c2c(c(=O)[nH]1)C(c1ccccc1)Nc1nc3c(cc1-2)-c1[nH]c(=O)[nH]c(=O)c1C(c1ccccc1)N3. The molecule has 0 amide bonds. The van der Waals surface area contributed by atoms with Gasteiger partial charge in [0, 0.05) is 11.1 Å². The Kier molecular flexibility index (Phi) is 4.61. The lowest BCUT2D eigenvalue weighted by molar-refractivity contribution is 0.841. The summed E-state index contributed by atoms with van der Waals surface area (Å²) in [5.41, 5.74) is 1.47. The highest BCUT2D eigenvalue weighted by Gasteiger charge is 2.35. The van der Waals surface area contributed by atoms with Crippen LogP contribution in [0.15, 0.2) is 85.9 Å². The minimum absolute atomic E-state index is 0.315. The summed E-state index contributed by atoms with van der Waals surface area (Å²) in [5.74, 6) is 0.864. The van der Waals surface area contributed by atoms with E-state index in [9.17, 15) is 19.2 Å². The Morgan fingerprint density at radius 2 is 0.974 bits per heavy atom. The summed E-state index contributed by atoms with van der Waals surface area (Å²) in [5, 5.41) is 6.70. The van der Waals surface area contributed by atoms with Gasteiger partial charge in [-0.1, -0.05) is 60.7 Å². The molecule has 2 aliphatic heterocycles. The van der Waals surface area contributed by atoms with E-state index in [1.165, 1.54) is 0 Å². The third-order valence-corrected chi connectivity index (χ3v) is 6.93. The van der Waals surface area contributed by atoms with Crippen LogP contribution in [-0.2, 0) is 0 Å². The van der Waals surface area contributed by atoms with Gasteiger partial charge in [-0.05, 0) is 17.2 Å². The molecule has 7 rings (SSSR count). The fourth-order valence-electron chi connectivity index (χ4n) is 5.29. The van der Waals surface area contributed by atoms with Gasteiger partial charge in [0.05, 0.1) is 34.6 Å². The molecule has 186 valence electrons. The van der Waals surface area contributed by atoms with Crippen molar-refractivity contribution >= 4 is 11.6 Å². The molecule has 2 aromatic carbocycles. The van der Waals surface area contributed by atoms with Crippen LogP contribution >= 0.6 is 0 Å². The molecule has 5 heterocycles. The van der Waals surface area contributed by atoms with Crippen molar-refractivity contribution in [3.8, 4) is 22.5 Å². The lowest BCUT2D eigenvalue weighted by atomic mass is 9.88. The van der Waals surface area contributed by atoms with Gasteiger partial charge >= 0.3 is 11.4 Å². The number of benzene rings is 2. The summed E-state index contributed by atoms with van der Waals surface area (Å²) in [6.07, 6.45) is 0. The Morgan fingerprint density at radius 3 is 1.39 bits per heavy atom. The first-order valence-electron chi connectivity index (χ1n) is 11.9. The van der Waals surface area contributed by atoms with Gasteiger partial charge in [0.1, 0.15) is 11.6 Å². The average Bonchev–Trinajstić information content (AvgIpc) is 2.92. The minimum atomic E-state index is -0.654. The van der Waals surface area contributed by atoms with E-state index in [4.69, 9.17) is 4.98 Å². The standard InChI is InChI=1S/C27H19N7O4/c35-24-16-18(12-7-3-1-4-8-12)28-22-14(20(16)30-26(37)33-24)11-15-21-17(25(36)34-27(38)31-21)19(29-23(15)32-22)13-9-5-2-6-10-13/h1-11,18-19H,(H2,28,29,32)(H2,30,33,35,37)(H2,31,34,36,38). The molecule has 3 aromatic heterocycles. The number of H-pyrrole nitrogens is 4. The molecule has 2 atom stereocenters. The highest BCUT2D eigenvalue weighted by molar-refractivity contribution is 5.90. The number of nitrogens with zero attached hydrogens (tertiary/aromatic N) is 1. The molecule has 0 aliphatic carbocycles. The van der Waals surface area contributed by atoms with Gasteiger partial charge < -0.3 is 20.6 Å². The quantitative estimate of drug-likeness (QED) is 0.214. The van der Waals surface area contributed by atoms with Gasteiger partial charge in [0.25, 0.3) is 11.1 Å². The number of rotatable bonds is 2. The van der Waals surface area contributed by atoms with Crippen molar-refractivity contribution in [1.29, 1.82) is 0 Å². The predicted octanol–water partition coefficient (Wildman–Crippen LogP) is 2.20. The van der Waals surface area contributed by atoms with Crippen LogP contribution in [0.2, 0.25) is 0 Å². The van der Waals surface area contributed by atoms with Gasteiger partial charge in [-0.3, -0.25) is 19.6 Å². The van der Waals surface area contributed by atoms with Crippen LogP contribution in [0.1, 0.15) is 34.3 Å². The summed E-state index contributed by atoms with van der Waals surface area (Å²) in [6.45, 7) is 0. The van der Waals surface area contributed by atoms with Crippen molar-refractivity contribution in [1.82, 2.24) is 24.9 Å². The molecule has 6 N–H and O–H groups in total. The second kappa shape index (κ2) is 8.03. The van der Waals surface area contributed by atoms with E-state index in [0.29, 0.717) is 45.3 Å². The first-order chi connectivity index (χ1) is 18.5. The minimum Gasteiger partial charge on any atom is -0.358 e. The van der Waals surface area contributed by atoms with Crippen molar-refractivity contribution in [2.24, 2.45) is 0 Å². The smallest absolute Gasteiger partial charge is 0.326 e. The third-order valence-electron chi connectivity index (χ3n) is 6.93. The number of anilines is 2. The van der Waals surface area contributed by atoms with Crippen LogP contribution in [-0.4, -0.2) is 24.9 Å². The van der Waals surface area contributed by atoms with Crippen molar-refractivity contribution in [3.63, 3.8) is 0 Å². The van der Waals surface area contributed by atoms with Gasteiger partial charge in [-0.2, -0.15) is 0 Å². The maximum atomic E-state index is 13.0. The molecule has 2 unspecified atom stereocenters. The lowest BCUT2D eigenvalue weighted by Gasteiger charge is -2.32. The Balaban J connectivity index is 1.50. The molecule has 5 aromatic rings. The number of nitrogens with one attached hydrogen (secondary N) is 6. The zero-order valence-corrected chi connectivity index (χ0v) is 19.6. The molecule has 0 saturated carbocycles. The number of hydrogen-bond acceptors (Lipinski definition) is 7. The van der Waals surface area contributed by atoms with Gasteiger partial charge in [0.2, 0.25) is 0 Å². The summed E-state index contributed by atoms with van der Waals surface area (Å²) in [6, 6.07) is 19.3. The van der Waals surface area contributed by atoms with Crippen LogP contribution in [0.25, 0.3) is 22.5 Å². The molecule has 38 heavy (non-hydrogen) atoms. The molecular formula is C27H19N7O4. The predicted molar refractivity (Wildman–Crippen MR) is 141 cm³/mol. The fourth-order valence-corrected chi connectivity index (χ4v) is 5.29. The van der Waals surface area contributed by atoms with Gasteiger partial charge in [-0.25, -0.2) is 14.6 Å². The zero-order chi connectivity index (χ0) is 26.0. The maximum absolute atomic E-state index is 13.0. The average molecular weight is 505 g/mol. The van der Waals surface area contributed by atoms with E-state index in [1.807, 2.05) is 60.7 Å². The first-order valence-corrected chi connectivity index (χ1v) is 11.9. The Labute approximate surface area is 212 Å². The fraction of sp³-hybridized carbons (Fsp3) is 0.0741. The van der Waals surface area contributed by atoms with Crippen LogP contribution in [0, 0.1) is 0 Å². The summed E-state index contributed by atoms with van der Waals surface area (Å²) in [4.78, 5) is 65.7. The Hall–Kier alpha value is -5.45. The summed E-state index contributed by atoms with van der Waals surface area (Å²) >= 11 is 0. The monoisotopic (exact) mass is 505 g/mol. The van der Waals surface area contributed by atoms with Crippen molar-refractivity contribution in [2.45, 2.75) is 12.1 Å². The van der Waals surface area contributed by atoms with Crippen LogP contribution in [0.5, 0.6) is 0 Å². The second-order valence-electron chi connectivity index (χ2n) is 9.15. The van der Waals surface area contributed by atoms with Gasteiger partial charge in [0.15, 0.2) is 0 Å². The van der Waals surface area contributed by atoms with E-state index < -0.39 is 34.6 Å². The van der Waals surface area contributed by atoms with Crippen LogP contribution in [0.4, 0.5) is 11.6 Å². The lowest BCUT2D eigenvalue weighted by Crippen LogP contribution is -2.35. The molecule has 0 spiro atoms. The van der Waals surface area contributed by atoms with E-state index >= 15 is 0 Å². The third kappa shape index (κ3) is 3.25. The zero-order valence-electron chi connectivity index (χ0n) is 19.6. The van der Waals surface area contributed by atoms with Crippen molar-refractivity contribution in [3.05, 3.63) is 131 Å². The Bertz CT molecular complexity index is 1830. The summed E-state index contributed by atoms with van der Waals surface area (Å²) < 4.78 is 0. The number of aromatic nitrogens is 5. The van der Waals surface area contributed by atoms with E-state index in [-0.39, 0.29) is 0 Å². The molecule has 0 radical (unpaired) electrons. The highest BCUT2D eigenvalue weighted by atomic mass is 16.2. The number of fused-ring (bicyclic) bond motifs is 6. The molecule has 0 fully saturated rings. The van der Waals surface area contributed by atoms with E-state index in [0.717, 1.165) is 11.1 Å². The van der Waals surface area contributed by atoms with Crippen molar-refractivity contribution in [2.75, 3.05) is 10.6 Å². The van der Waals surface area contributed by atoms with Crippen molar-refractivity contribution < 1.29 is 0 Å². The highest BCUT2D eigenvalue weighted by Crippen LogP contribution is 2.46. The molecule has 0 bridgehead atoms. The molecule has 0 saturated heterocycles. The summed E-state index contributed by atoms with van der Waals surface area (Å²) in [7, 11) is 0. The molecule has 11 nitrogen and oxygen atoms in total. The van der Waals surface area contributed by atoms with E-state index in [1.54, 1.807) is 6.07 Å². The molecular weight excluding hydrogens is 486 g/mol. The van der Waals surface area contributed by atoms with Gasteiger partial charge in [-0.15, -0.1) is 0 Å². The maximum Gasteiger partial charge on any atom is 0.326 e. The van der Waals surface area contributed by atoms with E-state index in [2.05, 4.69) is 30.6 Å². The molecule has 11 heteroatoms. The molecule has 2 aliphatic rings. The number of hydrogen-bond donors (Lipinski definition) is 6. The topological polar surface area (TPSA) is 168 Å².